The molecule has 2 atom stereocenters. The van der Waals surface area contributed by atoms with E-state index in [-0.39, 0.29) is 0 Å². The van der Waals surface area contributed by atoms with E-state index in [2.05, 4.69) is 62.9 Å². The lowest BCUT2D eigenvalue weighted by molar-refractivity contribution is 0.656. The molecule has 4 heteroatoms. The van der Waals surface area contributed by atoms with Gasteiger partial charge in [-0.25, -0.2) is 0 Å². The first-order valence-corrected chi connectivity index (χ1v) is 7.97. The van der Waals surface area contributed by atoms with E-state index in [9.17, 15) is 0 Å². The highest BCUT2D eigenvalue weighted by molar-refractivity contribution is 5.79. The molecule has 1 aromatic heterocycles. The largest absolute Gasteiger partial charge is 0.356 e. The van der Waals surface area contributed by atoms with Crippen molar-refractivity contribution in [1.82, 2.24) is 15.2 Å². The minimum atomic E-state index is 0.715. The maximum atomic E-state index is 4.29. The second-order valence-electron chi connectivity index (χ2n) is 5.81. The van der Waals surface area contributed by atoms with Crippen LogP contribution in [0.3, 0.4) is 0 Å². The van der Waals surface area contributed by atoms with Gasteiger partial charge in [0.2, 0.25) is 0 Å². The van der Waals surface area contributed by atoms with Crippen LogP contribution < -0.4 is 10.6 Å². The van der Waals surface area contributed by atoms with Crippen molar-refractivity contribution in [2.45, 2.75) is 18.9 Å². The average molecular weight is 296 g/mol. The van der Waals surface area contributed by atoms with Crippen molar-refractivity contribution in [3.63, 3.8) is 0 Å². The van der Waals surface area contributed by atoms with Gasteiger partial charge >= 0.3 is 0 Å². The second-order valence-corrected chi connectivity index (χ2v) is 5.81. The van der Waals surface area contributed by atoms with Crippen molar-refractivity contribution in [1.29, 1.82) is 0 Å². The summed E-state index contributed by atoms with van der Waals surface area (Å²) >= 11 is 0. The predicted molar refractivity (Wildman–Crippen MR) is 91.1 cm³/mol. The molecule has 2 aromatic rings. The molecule has 2 N–H and O–H groups in total. The molecule has 2 unspecified atom stereocenters. The Morgan fingerprint density at radius 2 is 1.91 bits per heavy atom. The SMILES string of the molecule is CN=C(NCCn1cccc1)NCC1CC1c1ccccc1. The van der Waals surface area contributed by atoms with Crippen LogP contribution >= 0.6 is 0 Å². The number of aromatic nitrogens is 1. The van der Waals surface area contributed by atoms with Crippen molar-refractivity contribution in [2.24, 2.45) is 10.9 Å². The lowest BCUT2D eigenvalue weighted by Crippen LogP contribution is -2.39. The highest BCUT2D eigenvalue weighted by Gasteiger charge is 2.37. The summed E-state index contributed by atoms with van der Waals surface area (Å²) in [7, 11) is 1.83. The third-order valence-corrected chi connectivity index (χ3v) is 4.23. The van der Waals surface area contributed by atoms with Crippen molar-refractivity contribution in [3.8, 4) is 0 Å². The van der Waals surface area contributed by atoms with Gasteiger partial charge in [0.15, 0.2) is 5.96 Å². The Labute approximate surface area is 132 Å². The molecule has 1 saturated carbocycles. The van der Waals surface area contributed by atoms with Crippen molar-refractivity contribution in [2.75, 3.05) is 20.1 Å². The molecule has 1 fully saturated rings. The van der Waals surface area contributed by atoms with Gasteiger partial charge in [0.25, 0.3) is 0 Å². The molecule has 4 nitrogen and oxygen atoms in total. The number of hydrogen-bond donors (Lipinski definition) is 2. The van der Waals surface area contributed by atoms with Crippen molar-refractivity contribution >= 4 is 5.96 Å². The zero-order valence-electron chi connectivity index (χ0n) is 13.1. The van der Waals surface area contributed by atoms with Crippen LogP contribution in [0.4, 0.5) is 0 Å². The van der Waals surface area contributed by atoms with Crippen molar-refractivity contribution < 1.29 is 0 Å². The van der Waals surface area contributed by atoms with E-state index in [0.717, 1.165) is 31.5 Å². The molecule has 3 rings (SSSR count). The standard InChI is InChI=1S/C18H24N4/c1-19-18(20-9-12-22-10-5-6-11-22)21-14-16-13-17(16)15-7-3-2-4-8-15/h2-8,10-11,16-17H,9,12-14H2,1H3,(H2,19,20,21). The second kappa shape index (κ2) is 7.16. The van der Waals surface area contributed by atoms with Gasteiger partial charge in [0, 0.05) is 39.1 Å². The third-order valence-electron chi connectivity index (χ3n) is 4.23. The summed E-state index contributed by atoms with van der Waals surface area (Å²) in [6.07, 6.45) is 5.43. The summed E-state index contributed by atoms with van der Waals surface area (Å²) in [5, 5.41) is 6.80. The molecule has 0 radical (unpaired) electrons. The van der Waals surface area contributed by atoms with E-state index in [1.807, 2.05) is 19.2 Å². The van der Waals surface area contributed by atoms with Crippen LogP contribution in [0.1, 0.15) is 17.9 Å². The molecular formula is C18H24N4. The van der Waals surface area contributed by atoms with E-state index in [0.29, 0.717) is 5.92 Å². The average Bonchev–Trinajstić information content (AvgIpc) is 3.16. The Bertz CT molecular complexity index is 589. The van der Waals surface area contributed by atoms with Gasteiger partial charge < -0.3 is 15.2 Å². The minimum Gasteiger partial charge on any atom is -0.356 e. The van der Waals surface area contributed by atoms with Gasteiger partial charge in [0.05, 0.1) is 0 Å². The molecule has 22 heavy (non-hydrogen) atoms. The van der Waals surface area contributed by atoms with Gasteiger partial charge in [-0.05, 0) is 36.0 Å². The molecule has 0 saturated heterocycles. The molecule has 1 aromatic carbocycles. The molecule has 1 heterocycles. The Hall–Kier alpha value is -2.23. The van der Waals surface area contributed by atoms with Gasteiger partial charge in [-0.2, -0.15) is 0 Å². The Morgan fingerprint density at radius 3 is 2.64 bits per heavy atom. The van der Waals surface area contributed by atoms with Crippen LogP contribution in [0.25, 0.3) is 0 Å². The zero-order valence-corrected chi connectivity index (χ0v) is 13.1. The summed E-state index contributed by atoms with van der Waals surface area (Å²) < 4.78 is 2.16. The molecule has 0 spiro atoms. The summed E-state index contributed by atoms with van der Waals surface area (Å²) in [6.45, 7) is 2.81. The summed E-state index contributed by atoms with van der Waals surface area (Å²) in [4.78, 5) is 4.29. The monoisotopic (exact) mass is 296 g/mol. The molecule has 1 aliphatic carbocycles. The number of nitrogens with one attached hydrogen (secondary N) is 2. The van der Waals surface area contributed by atoms with E-state index in [4.69, 9.17) is 0 Å². The number of hydrogen-bond acceptors (Lipinski definition) is 1. The summed E-state index contributed by atoms with van der Waals surface area (Å²) in [5.74, 6) is 2.34. The molecule has 1 aliphatic rings. The number of guanidine groups is 1. The fraction of sp³-hybridized carbons (Fsp3) is 0.389. The third kappa shape index (κ3) is 3.91. The Kier molecular flexibility index (Phi) is 4.78. The fourth-order valence-corrected chi connectivity index (χ4v) is 2.85. The van der Waals surface area contributed by atoms with E-state index < -0.39 is 0 Å². The summed E-state index contributed by atoms with van der Waals surface area (Å²) in [6, 6.07) is 14.9. The van der Waals surface area contributed by atoms with Crippen LogP contribution in [-0.4, -0.2) is 30.7 Å². The summed E-state index contributed by atoms with van der Waals surface area (Å²) in [5.41, 5.74) is 1.46. The van der Waals surface area contributed by atoms with Crippen molar-refractivity contribution in [3.05, 3.63) is 60.4 Å². The van der Waals surface area contributed by atoms with Gasteiger partial charge in [-0.1, -0.05) is 30.3 Å². The topological polar surface area (TPSA) is 41.4 Å². The predicted octanol–water partition coefficient (Wildman–Crippen LogP) is 2.46. The van der Waals surface area contributed by atoms with E-state index in [1.165, 1.54) is 12.0 Å². The molecule has 0 bridgehead atoms. The fourth-order valence-electron chi connectivity index (χ4n) is 2.85. The smallest absolute Gasteiger partial charge is 0.191 e. The first-order valence-electron chi connectivity index (χ1n) is 7.97. The lowest BCUT2D eigenvalue weighted by atomic mass is 10.1. The Morgan fingerprint density at radius 1 is 1.14 bits per heavy atom. The highest BCUT2D eigenvalue weighted by Crippen LogP contribution is 2.46. The van der Waals surface area contributed by atoms with Gasteiger partial charge in [-0.3, -0.25) is 4.99 Å². The van der Waals surface area contributed by atoms with E-state index in [1.54, 1.807) is 0 Å². The van der Waals surface area contributed by atoms with Crippen LogP contribution in [0, 0.1) is 5.92 Å². The maximum Gasteiger partial charge on any atom is 0.191 e. The van der Waals surface area contributed by atoms with Crippen LogP contribution in [0.2, 0.25) is 0 Å². The zero-order chi connectivity index (χ0) is 15.2. The van der Waals surface area contributed by atoms with Crippen LogP contribution in [0.15, 0.2) is 59.9 Å². The quantitative estimate of drug-likeness (QED) is 0.635. The van der Waals surface area contributed by atoms with Gasteiger partial charge in [0.1, 0.15) is 0 Å². The number of benzene rings is 1. The van der Waals surface area contributed by atoms with Gasteiger partial charge in [-0.15, -0.1) is 0 Å². The molecule has 0 aliphatic heterocycles. The minimum absolute atomic E-state index is 0.715. The lowest BCUT2D eigenvalue weighted by Gasteiger charge is -2.12. The molecule has 116 valence electrons. The van der Waals surface area contributed by atoms with E-state index >= 15 is 0 Å². The molecule has 0 amide bonds. The Balaban J connectivity index is 1.37. The van der Waals surface area contributed by atoms with Crippen LogP contribution in [0.5, 0.6) is 0 Å². The number of nitrogens with zero attached hydrogens (tertiary/aromatic N) is 2. The number of rotatable bonds is 6. The number of aliphatic imine (C=N–C) groups is 1. The highest BCUT2D eigenvalue weighted by atomic mass is 15.2. The first kappa shape index (κ1) is 14.7. The normalized spacial score (nSPS) is 20.7. The first-order chi connectivity index (χ1) is 10.9. The molecular weight excluding hydrogens is 272 g/mol. The maximum absolute atomic E-state index is 4.29. The van der Waals surface area contributed by atoms with Crippen LogP contribution in [-0.2, 0) is 6.54 Å².